The van der Waals surface area contributed by atoms with E-state index in [0.29, 0.717) is 16.5 Å². The minimum atomic E-state index is -1.32. The molecule has 1 unspecified atom stereocenters. The molecule has 0 heterocycles. The topological polar surface area (TPSA) is 52.2 Å². The Morgan fingerprint density at radius 3 is 1.83 bits per heavy atom. The van der Waals surface area contributed by atoms with E-state index < -0.39 is 12.1 Å². The van der Waals surface area contributed by atoms with Crippen LogP contribution < -0.4 is 10.4 Å². The van der Waals surface area contributed by atoms with Gasteiger partial charge in [-0.25, -0.2) is 0 Å². The maximum Gasteiger partial charge on any atom is 0.134 e. The predicted octanol–water partition coefficient (Wildman–Crippen LogP) is 4.00. The number of benzene rings is 2. The second-order valence-corrected chi connectivity index (χ2v) is 6.04. The fourth-order valence-corrected chi connectivity index (χ4v) is 2.73. The van der Waals surface area contributed by atoms with E-state index in [1.807, 2.05) is 48.5 Å². The van der Waals surface area contributed by atoms with Crippen LogP contribution in [0.2, 0.25) is 10.0 Å². The molecule has 0 fully saturated rings. The smallest absolute Gasteiger partial charge is 0.134 e. The van der Waals surface area contributed by atoms with E-state index in [1.54, 1.807) is 6.08 Å². The van der Waals surface area contributed by atoms with Crippen molar-refractivity contribution in [3.05, 3.63) is 82.4 Å². The number of amides is 1. The number of halogens is 2. The highest BCUT2D eigenvalue weighted by atomic mass is 35.5. The number of carbonyl (C=O) groups excluding carboxylic acids is 1. The third kappa shape index (κ3) is 5.02. The zero-order valence-electron chi connectivity index (χ0n) is 12.3. The van der Waals surface area contributed by atoms with Crippen molar-refractivity contribution < 1.29 is 9.90 Å². The molecule has 0 radical (unpaired) electrons. The molecule has 1 N–H and O–H groups in total. The van der Waals surface area contributed by atoms with E-state index >= 15 is 0 Å². The normalized spacial score (nSPS) is 12.0. The minimum absolute atomic E-state index is 0.0283. The zero-order valence-corrected chi connectivity index (χ0v) is 13.8. The number of carboxylic acid groups (broad SMARTS) is 1. The number of nitrogens with one attached hydrogen (secondary N) is 1. The lowest BCUT2D eigenvalue weighted by atomic mass is 9.86. The van der Waals surface area contributed by atoms with Crippen LogP contribution in [0.3, 0.4) is 0 Å². The largest absolute Gasteiger partial charge is 0.530 e. The van der Waals surface area contributed by atoms with Gasteiger partial charge in [0, 0.05) is 22.0 Å². The number of hydrogen-bond donors (Lipinski definition) is 1. The van der Waals surface area contributed by atoms with Crippen molar-refractivity contribution in [3.8, 4) is 0 Å². The van der Waals surface area contributed by atoms with Crippen molar-refractivity contribution in [1.29, 1.82) is 0 Å². The number of rotatable bonds is 6. The molecule has 1 atom stereocenters. The van der Waals surface area contributed by atoms with Gasteiger partial charge in [-0.1, -0.05) is 53.5 Å². The maximum absolute atomic E-state index is 10.8. The van der Waals surface area contributed by atoms with Crippen molar-refractivity contribution >= 4 is 29.3 Å². The highest BCUT2D eigenvalue weighted by molar-refractivity contribution is 6.30. The fourth-order valence-electron chi connectivity index (χ4n) is 2.47. The molecule has 120 valence electrons. The molecule has 0 aliphatic carbocycles. The molecule has 0 spiro atoms. The van der Waals surface area contributed by atoms with Gasteiger partial charge in [-0.2, -0.15) is 0 Å². The van der Waals surface area contributed by atoms with Gasteiger partial charge in [0.15, 0.2) is 0 Å². The SMILES string of the molecule is C=CC(CC(c1ccc(Cl)cc1)c1ccc(Cl)cc1)NC(=O)[O-]. The van der Waals surface area contributed by atoms with Gasteiger partial charge >= 0.3 is 0 Å². The van der Waals surface area contributed by atoms with Gasteiger partial charge in [-0.15, -0.1) is 6.58 Å². The second kappa shape index (κ2) is 8.04. The first-order valence-corrected chi connectivity index (χ1v) is 7.86. The summed E-state index contributed by atoms with van der Waals surface area (Å²) in [6.45, 7) is 3.69. The minimum Gasteiger partial charge on any atom is -0.530 e. The first kappa shape index (κ1) is 17.4. The lowest BCUT2D eigenvalue weighted by Gasteiger charge is -2.24. The molecule has 0 aromatic heterocycles. The Morgan fingerprint density at radius 1 is 1.04 bits per heavy atom. The van der Waals surface area contributed by atoms with Gasteiger partial charge in [0.05, 0.1) is 0 Å². The van der Waals surface area contributed by atoms with Gasteiger partial charge in [0.2, 0.25) is 0 Å². The molecule has 0 saturated heterocycles. The van der Waals surface area contributed by atoms with Gasteiger partial charge in [0.25, 0.3) is 0 Å². The molecule has 0 bridgehead atoms. The molecule has 1 amide bonds. The average Bonchev–Trinajstić information content (AvgIpc) is 2.53. The lowest BCUT2D eigenvalue weighted by Crippen LogP contribution is -2.43. The van der Waals surface area contributed by atoms with Crippen LogP contribution in [0.4, 0.5) is 4.79 Å². The van der Waals surface area contributed by atoms with E-state index in [4.69, 9.17) is 23.2 Å². The summed E-state index contributed by atoms with van der Waals surface area (Å²) in [5.41, 5.74) is 2.06. The maximum atomic E-state index is 10.8. The van der Waals surface area contributed by atoms with Crippen LogP contribution in [0.25, 0.3) is 0 Å². The highest BCUT2D eigenvalue weighted by Gasteiger charge is 2.18. The van der Waals surface area contributed by atoms with Crippen LogP contribution in [0, 0.1) is 0 Å². The fraction of sp³-hybridized carbons (Fsp3) is 0.167. The molecule has 2 rings (SSSR count). The van der Waals surface area contributed by atoms with E-state index in [0.717, 1.165) is 11.1 Å². The van der Waals surface area contributed by atoms with Gasteiger partial charge in [0.1, 0.15) is 6.09 Å². The Bertz CT molecular complexity index is 623. The second-order valence-electron chi connectivity index (χ2n) is 5.17. The van der Waals surface area contributed by atoms with E-state index in [1.165, 1.54) is 0 Å². The lowest BCUT2D eigenvalue weighted by molar-refractivity contribution is -0.251. The standard InChI is InChI=1S/C18H17Cl2NO2/c1-2-16(21-18(22)23)11-17(12-3-7-14(19)8-4-12)13-5-9-15(20)10-6-13/h2-10,16-17,21H,1,11H2,(H,22,23)/p-1. The molecular weight excluding hydrogens is 333 g/mol. The van der Waals surface area contributed by atoms with Crippen LogP contribution in [0.15, 0.2) is 61.2 Å². The third-order valence-corrected chi connectivity index (χ3v) is 4.13. The third-order valence-electron chi connectivity index (χ3n) is 3.62. The Kier molecular flexibility index (Phi) is 6.08. The molecule has 2 aromatic rings. The van der Waals surface area contributed by atoms with Crippen LogP contribution in [-0.4, -0.2) is 12.1 Å². The van der Waals surface area contributed by atoms with Gasteiger partial charge < -0.3 is 15.2 Å². The summed E-state index contributed by atoms with van der Waals surface area (Å²) >= 11 is 11.9. The van der Waals surface area contributed by atoms with Crippen molar-refractivity contribution in [3.63, 3.8) is 0 Å². The van der Waals surface area contributed by atoms with E-state index in [9.17, 15) is 9.90 Å². The molecule has 3 nitrogen and oxygen atoms in total. The molecule has 0 saturated carbocycles. The molecule has 2 aromatic carbocycles. The quantitative estimate of drug-likeness (QED) is 0.802. The Labute approximate surface area is 145 Å². The Balaban J connectivity index is 2.34. The first-order valence-electron chi connectivity index (χ1n) is 7.10. The van der Waals surface area contributed by atoms with Gasteiger partial charge in [-0.05, 0) is 41.8 Å². The predicted molar refractivity (Wildman–Crippen MR) is 91.9 cm³/mol. The summed E-state index contributed by atoms with van der Waals surface area (Å²) in [5.74, 6) is -0.0283. The summed E-state index contributed by atoms with van der Waals surface area (Å²) in [5, 5.41) is 14.5. The van der Waals surface area contributed by atoms with Crippen LogP contribution in [-0.2, 0) is 0 Å². The monoisotopic (exact) mass is 348 g/mol. The molecule has 5 heteroatoms. The summed E-state index contributed by atoms with van der Waals surface area (Å²) in [7, 11) is 0. The van der Waals surface area contributed by atoms with Crippen LogP contribution in [0.1, 0.15) is 23.5 Å². The zero-order chi connectivity index (χ0) is 16.8. The average molecular weight is 349 g/mol. The first-order chi connectivity index (χ1) is 11.0. The summed E-state index contributed by atoms with van der Waals surface area (Å²) in [6, 6.07) is 14.6. The molecule has 0 aliphatic heterocycles. The summed E-state index contributed by atoms with van der Waals surface area (Å²) in [6.07, 6.45) is 0.760. The molecular formula is C18H16Cl2NO2-. The van der Waals surface area contributed by atoms with Crippen molar-refractivity contribution in [2.24, 2.45) is 0 Å². The van der Waals surface area contributed by atoms with Crippen molar-refractivity contribution in [2.75, 3.05) is 0 Å². The number of carbonyl (C=O) groups is 1. The summed E-state index contributed by atoms with van der Waals surface area (Å²) < 4.78 is 0. The van der Waals surface area contributed by atoms with Crippen molar-refractivity contribution in [2.45, 2.75) is 18.4 Å². The highest BCUT2D eigenvalue weighted by Crippen LogP contribution is 2.31. The summed E-state index contributed by atoms with van der Waals surface area (Å²) in [4.78, 5) is 10.8. The molecule has 23 heavy (non-hydrogen) atoms. The Morgan fingerprint density at radius 2 is 1.48 bits per heavy atom. The number of hydrogen-bond acceptors (Lipinski definition) is 2. The van der Waals surface area contributed by atoms with Gasteiger partial charge in [-0.3, -0.25) is 0 Å². The van der Waals surface area contributed by atoms with E-state index in [2.05, 4.69) is 11.9 Å². The van der Waals surface area contributed by atoms with Crippen LogP contribution >= 0.6 is 23.2 Å². The Hall–Kier alpha value is -1.97. The molecule has 0 aliphatic rings. The van der Waals surface area contributed by atoms with Crippen LogP contribution in [0.5, 0.6) is 0 Å². The van der Waals surface area contributed by atoms with Crippen molar-refractivity contribution in [1.82, 2.24) is 5.32 Å². The van der Waals surface area contributed by atoms with E-state index in [-0.39, 0.29) is 5.92 Å².